The molecule has 1 N–H and O–H groups in total. The zero-order valence-corrected chi connectivity index (χ0v) is 5.42. The zero-order valence-electron chi connectivity index (χ0n) is 5.42. The van der Waals surface area contributed by atoms with Gasteiger partial charge in [-0.05, 0) is 19.4 Å². The van der Waals surface area contributed by atoms with Crippen molar-refractivity contribution < 1.29 is 9.90 Å². The van der Waals surface area contributed by atoms with E-state index in [1.807, 2.05) is 0 Å². The van der Waals surface area contributed by atoms with Crippen LogP contribution in [0.4, 0.5) is 0 Å². The lowest BCUT2D eigenvalue weighted by molar-refractivity contribution is -0.119. The maximum Gasteiger partial charge on any atom is 0.158 e. The summed E-state index contributed by atoms with van der Waals surface area (Å²) in [6.45, 7) is 1.68. The molecule has 0 aromatic carbocycles. The van der Waals surface area contributed by atoms with Crippen molar-refractivity contribution in [2.24, 2.45) is 0 Å². The summed E-state index contributed by atoms with van der Waals surface area (Å²) in [6.07, 6.45) is 4.10. The van der Waals surface area contributed by atoms with E-state index in [0.29, 0.717) is 6.42 Å². The monoisotopic (exact) mass is 126 g/mol. The van der Waals surface area contributed by atoms with E-state index >= 15 is 0 Å². The molecule has 0 spiro atoms. The summed E-state index contributed by atoms with van der Waals surface area (Å²) < 4.78 is 0. The van der Waals surface area contributed by atoms with Gasteiger partial charge in [-0.1, -0.05) is 6.08 Å². The molecule has 1 aliphatic rings. The lowest BCUT2D eigenvalue weighted by Gasteiger charge is -2.22. The van der Waals surface area contributed by atoms with Crippen molar-refractivity contribution in [2.45, 2.75) is 25.4 Å². The predicted octanol–water partition coefficient (Wildman–Crippen LogP) is 0.656. The molecule has 1 atom stereocenters. The van der Waals surface area contributed by atoms with Crippen molar-refractivity contribution in [1.29, 1.82) is 0 Å². The Balaban J connectivity index is 2.68. The number of rotatable bonds is 0. The van der Waals surface area contributed by atoms with Gasteiger partial charge in [-0.2, -0.15) is 0 Å². The molecule has 0 radical (unpaired) electrons. The number of allylic oxidation sites excluding steroid dienone is 1. The molecule has 1 rings (SSSR count). The molecule has 0 amide bonds. The minimum absolute atomic E-state index is 0.0197. The highest BCUT2D eigenvalue weighted by atomic mass is 16.3. The van der Waals surface area contributed by atoms with Gasteiger partial charge in [-0.15, -0.1) is 0 Å². The number of carbonyl (C=O) groups excluding carboxylic acids is 1. The van der Waals surface area contributed by atoms with Crippen LogP contribution in [0, 0.1) is 0 Å². The second kappa shape index (κ2) is 1.95. The summed E-state index contributed by atoms with van der Waals surface area (Å²) in [5, 5.41) is 9.27. The third-order valence-electron chi connectivity index (χ3n) is 1.42. The quantitative estimate of drug-likeness (QED) is 0.517. The van der Waals surface area contributed by atoms with Crippen molar-refractivity contribution >= 4 is 5.78 Å². The van der Waals surface area contributed by atoms with Crippen molar-refractivity contribution in [3.63, 3.8) is 0 Å². The fourth-order valence-corrected chi connectivity index (χ4v) is 0.951. The summed E-state index contributed by atoms with van der Waals surface area (Å²) in [4.78, 5) is 10.6. The second-order valence-corrected chi connectivity index (χ2v) is 2.75. The highest BCUT2D eigenvalue weighted by Crippen LogP contribution is 2.19. The minimum atomic E-state index is -0.786. The number of aliphatic hydroxyl groups is 1. The van der Waals surface area contributed by atoms with E-state index in [0.717, 1.165) is 0 Å². The van der Waals surface area contributed by atoms with Crippen LogP contribution in [0.15, 0.2) is 12.2 Å². The molecule has 0 aromatic rings. The summed E-state index contributed by atoms with van der Waals surface area (Å²) in [6, 6.07) is 0. The Morgan fingerprint density at radius 2 is 2.44 bits per heavy atom. The van der Waals surface area contributed by atoms with Gasteiger partial charge in [0.25, 0.3) is 0 Å². The molecule has 0 aliphatic heterocycles. The van der Waals surface area contributed by atoms with Crippen LogP contribution in [0.1, 0.15) is 19.8 Å². The standard InChI is InChI=1S/C7H10O2/c1-7(9)4-2-3-6(8)5-7/h2-3,9H,4-5H2,1H3. The summed E-state index contributed by atoms with van der Waals surface area (Å²) in [5.41, 5.74) is -0.786. The van der Waals surface area contributed by atoms with Gasteiger partial charge in [-0.3, -0.25) is 4.79 Å². The molecule has 9 heavy (non-hydrogen) atoms. The molecule has 1 aliphatic carbocycles. The molecule has 0 heterocycles. The van der Waals surface area contributed by atoms with Crippen LogP contribution in [0.3, 0.4) is 0 Å². The average Bonchev–Trinajstić information content (AvgIpc) is 1.60. The first-order valence-electron chi connectivity index (χ1n) is 3.02. The SMILES string of the molecule is CC1(O)CC=CC(=O)C1. The molecule has 0 saturated heterocycles. The van der Waals surface area contributed by atoms with Crippen LogP contribution < -0.4 is 0 Å². The fraction of sp³-hybridized carbons (Fsp3) is 0.571. The molecule has 0 aromatic heterocycles. The number of hydrogen-bond acceptors (Lipinski definition) is 2. The molecule has 2 nitrogen and oxygen atoms in total. The van der Waals surface area contributed by atoms with Crippen LogP contribution >= 0.6 is 0 Å². The van der Waals surface area contributed by atoms with Gasteiger partial charge in [0.2, 0.25) is 0 Å². The van der Waals surface area contributed by atoms with Crippen LogP contribution in [0.25, 0.3) is 0 Å². The van der Waals surface area contributed by atoms with E-state index in [2.05, 4.69) is 0 Å². The van der Waals surface area contributed by atoms with Crippen LogP contribution in [0.5, 0.6) is 0 Å². The van der Waals surface area contributed by atoms with Crippen LogP contribution in [0.2, 0.25) is 0 Å². The molecule has 0 fully saturated rings. The minimum Gasteiger partial charge on any atom is -0.389 e. The topological polar surface area (TPSA) is 37.3 Å². The third-order valence-corrected chi connectivity index (χ3v) is 1.42. The number of ketones is 1. The van der Waals surface area contributed by atoms with Crippen molar-refractivity contribution in [3.8, 4) is 0 Å². The molecule has 50 valence electrons. The molecule has 0 saturated carbocycles. The normalized spacial score (nSPS) is 35.1. The number of carbonyl (C=O) groups is 1. The predicted molar refractivity (Wildman–Crippen MR) is 34.0 cm³/mol. The Bertz CT molecular complexity index is 156. The molecule has 1 unspecified atom stereocenters. The summed E-state index contributed by atoms with van der Waals surface area (Å²) in [5.74, 6) is 0.0197. The highest BCUT2D eigenvalue weighted by Gasteiger charge is 2.24. The molecule has 0 bridgehead atoms. The molecular weight excluding hydrogens is 116 g/mol. The highest BCUT2D eigenvalue weighted by molar-refractivity contribution is 5.91. The van der Waals surface area contributed by atoms with E-state index in [1.54, 1.807) is 13.0 Å². The van der Waals surface area contributed by atoms with Crippen molar-refractivity contribution in [3.05, 3.63) is 12.2 Å². The van der Waals surface area contributed by atoms with E-state index in [4.69, 9.17) is 0 Å². The number of hydrogen-bond donors (Lipinski definition) is 1. The average molecular weight is 126 g/mol. The second-order valence-electron chi connectivity index (χ2n) is 2.75. The maximum absolute atomic E-state index is 10.6. The van der Waals surface area contributed by atoms with Gasteiger partial charge >= 0.3 is 0 Å². The van der Waals surface area contributed by atoms with Crippen molar-refractivity contribution in [2.75, 3.05) is 0 Å². The fourth-order valence-electron chi connectivity index (χ4n) is 0.951. The van der Waals surface area contributed by atoms with Crippen LogP contribution in [-0.4, -0.2) is 16.5 Å². The van der Waals surface area contributed by atoms with E-state index in [-0.39, 0.29) is 12.2 Å². The Hall–Kier alpha value is -0.630. The Labute approximate surface area is 54.2 Å². The van der Waals surface area contributed by atoms with Gasteiger partial charge in [0.15, 0.2) is 5.78 Å². The van der Waals surface area contributed by atoms with Gasteiger partial charge in [0.1, 0.15) is 0 Å². The van der Waals surface area contributed by atoms with Gasteiger partial charge in [0, 0.05) is 6.42 Å². The van der Waals surface area contributed by atoms with E-state index in [1.165, 1.54) is 6.08 Å². The van der Waals surface area contributed by atoms with Gasteiger partial charge in [0.05, 0.1) is 5.60 Å². The Morgan fingerprint density at radius 1 is 1.78 bits per heavy atom. The zero-order chi connectivity index (χ0) is 6.91. The molecular formula is C7H10O2. The maximum atomic E-state index is 10.6. The van der Waals surface area contributed by atoms with Gasteiger partial charge < -0.3 is 5.11 Å². The first-order chi connectivity index (χ1) is 4.10. The smallest absolute Gasteiger partial charge is 0.158 e. The first kappa shape index (κ1) is 6.49. The van der Waals surface area contributed by atoms with Crippen molar-refractivity contribution in [1.82, 2.24) is 0 Å². The largest absolute Gasteiger partial charge is 0.389 e. The lowest BCUT2D eigenvalue weighted by atomic mass is 9.91. The Morgan fingerprint density at radius 3 is 2.78 bits per heavy atom. The van der Waals surface area contributed by atoms with Gasteiger partial charge in [-0.25, -0.2) is 0 Å². The lowest BCUT2D eigenvalue weighted by Crippen LogP contribution is -2.28. The Kier molecular flexibility index (Phi) is 1.41. The van der Waals surface area contributed by atoms with Crippen LogP contribution in [-0.2, 0) is 4.79 Å². The summed E-state index contributed by atoms with van der Waals surface area (Å²) >= 11 is 0. The third kappa shape index (κ3) is 1.64. The van der Waals surface area contributed by atoms with E-state index < -0.39 is 5.60 Å². The van der Waals surface area contributed by atoms with E-state index in [9.17, 15) is 9.90 Å². The summed E-state index contributed by atoms with van der Waals surface area (Å²) in [7, 11) is 0. The first-order valence-corrected chi connectivity index (χ1v) is 3.02. The molecule has 2 heteroatoms.